The Morgan fingerprint density at radius 3 is 2.39 bits per heavy atom. The predicted octanol–water partition coefficient (Wildman–Crippen LogP) is 8.30. The zero-order valence-electron chi connectivity index (χ0n) is 23.5. The van der Waals surface area contributed by atoms with Crippen molar-refractivity contribution in [2.24, 2.45) is 63.2 Å². The van der Waals surface area contributed by atoms with Crippen molar-refractivity contribution in [3.05, 3.63) is 0 Å². The van der Waals surface area contributed by atoms with Gasteiger partial charge >= 0.3 is 0 Å². The lowest BCUT2D eigenvalue weighted by molar-refractivity contribution is -0.107. The predicted molar refractivity (Wildman–Crippen MR) is 144 cm³/mol. The van der Waals surface area contributed by atoms with Gasteiger partial charge in [0.1, 0.15) is 0 Å². The van der Waals surface area contributed by atoms with E-state index in [0.29, 0.717) is 16.7 Å². The van der Waals surface area contributed by atoms with Crippen molar-refractivity contribution in [1.82, 2.24) is 5.12 Å². The number of rotatable bonds is 10. The zero-order valence-corrected chi connectivity index (χ0v) is 23.5. The van der Waals surface area contributed by atoms with Gasteiger partial charge in [-0.1, -0.05) is 67.2 Å². The number of hydrazone groups is 1. The van der Waals surface area contributed by atoms with Crippen molar-refractivity contribution in [3.63, 3.8) is 0 Å². The normalized spacial score (nSPS) is 39.2. The van der Waals surface area contributed by atoms with E-state index in [1.54, 1.807) is 5.12 Å². The van der Waals surface area contributed by atoms with Crippen molar-refractivity contribution in [3.8, 4) is 0 Å². The van der Waals surface area contributed by atoms with E-state index in [-0.39, 0.29) is 0 Å². The Kier molecular flexibility index (Phi) is 9.01. The minimum absolute atomic E-state index is 0.503. The van der Waals surface area contributed by atoms with Crippen LogP contribution in [0.2, 0.25) is 0 Å². The quantitative estimate of drug-likeness (QED) is 0.203. The number of hydrogen-bond donors (Lipinski definition) is 1. The highest BCUT2D eigenvalue weighted by Gasteiger charge is 2.59. The third-order valence-electron chi connectivity index (χ3n) is 10.8. The molecule has 3 aliphatic rings. The monoisotopic (exact) mass is 459 g/mol. The maximum absolute atomic E-state index is 6.25. The molecule has 0 bridgehead atoms. The van der Waals surface area contributed by atoms with Gasteiger partial charge in [-0.2, -0.15) is 5.10 Å². The molecule has 3 fully saturated rings. The molecule has 8 unspecified atom stereocenters. The van der Waals surface area contributed by atoms with Crippen LogP contribution in [0.3, 0.4) is 0 Å². The minimum Gasteiger partial charge on any atom is -0.232 e. The molecule has 0 amide bonds. The van der Waals surface area contributed by atoms with Crippen LogP contribution in [-0.4, -0.2) is 17.4 Å². The topological polar surface area (TPSA) is 41.6 Å². The maximum Gasteiger partial charge on any atom is 0.0559 e. The van der Waals surface area contributed by atoms with E-state index in [2.05, 4.69) is 46.6 Å². The average molecular weight is 460 g/mol. The maximum atomic E-state index is 6.25. The molecule has 0 aromatic rings. The summed E-state index contributed by atoms with van der Waals surface area (Å²) >= 11 is 0. The Morgan fingerprint density at radius 1 is 1.03 bits per heavy atom. The van der Waals surface area contributed by atoms with E-state index in [1.807, 2.05) is 13.8 Å². The third-order valence-corrected chi connectivity index (χ3v) is 10.8. The molecule has 33 heavy (non-hydrogen) atoms. The SMILES string of the molecule is CCCC1CCC2C(CCC3(C)C(C(C)CN(N)N=C(C)C)CCC23)C1(C)CCCC(C)C. The van der Waals surface area contributed by atoms with Crippen molar-refractivity contribution in [1.29, 1.82) is 0 Å². The van der Waals surface area contributed by atoms with Crippen LogP contribution in [0.4, 0.5) is 0 Å². The molecule has 192 valence electrons. The van der Waals surface area contributed by atoms with Gasteiger partial charge in [0.2, 0.25) is 0 Å². The Hall–Kier alpha value is -0.570. The Labute approximate surface area is 206 Å². The van der Waals surface area contributed by atoms with E-state index < -0.39 is 0 Å². The molecule has 3 rings (SSSR count). The number of fused-ring (bicyclic) bond motifs is 3. The van der Waals surface area contributed by atoms with Crippen LogP contribution < -0.4 is 5.84 Å². The second kappa shape index (κ2) is 11.0. The van der Waals surface area contributed by atoms with Crippen LogP contribution in [-0.2, 0) is 0 Å². The molecule has 0 aliphatic heterocycles. The largest absolute Gasteiger partial charge is 0.232 e. The number of hydrazine groups is 1. The number of hydrogen-bond acceptors (Lipinski definition) is 3. The molecule has 0 spiro atoms. The van der Waals surface area contributed by atoms with E-state index in [1.165, 1.54) is 70.6 Å². The summed E-state index contributed by atoms with van der Waals surface area (Å²) in [5.41, 5.74) is 2.12. The van der Waals surface area contributed by atoms with Crippen LogP contribution in [0, 0.1) is 52.3 Å². The standard InChI is InChI=1S/C30H57N3/c1-9-11-24-13-14-25-27-16-15-26(23(6)20-33(31)32-22(4)5)30(27,8)19-17-28(25)29(24,7)18-10-12-21(2)3/h21,23-28H,9-20,31H2,1-8H3. The lowest BCUT2D eigenvalue weighted by atomic mass is 9.45. The first-order valence-corrected chi connectivity index (χ1v) is 14.6. The Morgan fingerprint density at radius 2 is 1.76 bits per heavy atom. The summed E-state index contributed by atoms with van der Waals surface area (Å²) < 4.78 is 0. The van der Waals surface area contributed by atoms with E-state index in [4.69, 9.17) is 5.84 Å². The summed E-state index contributed by atoms with van der Waals surface area (Å²) in [6.07, 6.45) is 15.9. The third kappa shape index (κ3) is 5.65. The van der Waals surface area contributed by atoms with Gasteiger partial charge in [0, 0.05) is 5.71 Å². The van der Waals surface area contributed by atoms with Gasteiger partial charge in [0.25, 0.3) is 0 Å². The molecule has 2 N–H and O–H groups in total. The zero-order chi connectivity index (χ0) is 24.4. The van der Waals surface area contributed by atoms with E-state index in [9.17, 15) is 0 Å². The number of nitrogens with two attached hydrogens (primary N) is 1. The fourth-order valence-corrected chi connectivity index (χ4v) is 9.33. The second-order valence-corrected chi connectivity index (χ2v) is 13.6. The fourth-order valence-electron chi connectivity index (χ4n) is 9.33. The summed E-state index contributed by atoms with van der Waals surface area (Å²) in [7, 11) is 0. The first kappa shape index (κ1) is 27.0. The van der Waals surface area contributed by atoms with Crippen LogP contribution >= 0.6 is 0 Å². The second-order valence-electron chi connectivity index (χ2n) is 13.6. The minimum atomic E-state index is 0.503. The fraction of sp³-hybridized carbons (Fsp3) is 0.967. The molecule has 0 heterocycles. The van der Waals surface area contributed by atoms with Crippen molar-refractivity contribution >= 4 is 5.71 Å². The lowest BCUT2D eigenvalue weighted by Crippen LogP contribution is -2.52. The summed E-state index contributed by atoms with van der Waals surface area (Å²) in [6, 6.07) is 0. The van der Waals surface area contributed by atoms with E-state index in [0.717, 1.165) is 47.8 Å². The van der Waals surface area contributed by atoms with Gasteiger partial charge in [-0.15, -0.1) is 0 Å². The summed E-state index contributed by atoms with van der Waals surface area (Å²) in [6.45, 7) is 20.0. The molecule has 0 saturated heterocycles. The van der Waals surface area contributed by atoms with Gasteiger partial charge in [0.05, 0.1) is 6.54 Å². The van der Waals surface area contributed by atoms with Gasteiger partial charge in [-0.05, 0) is 111 Å². The molecule has 3 heteroatoms. The van der Waals surface area contributed by atoms with Crippen molar-refractivity contribution in [2.75, 3.05) is 6.54 Å². The molecule has 0 radical (unpaired) electrons. The molecular formula is C30H57N3. The van der Waals surface area contributed by atoms with Crippen molar-refractivity contribution in [2.45, 2.75) is 126 Å². The molecule has 0 aromatic heterocycles. The molecule has 3 saturated carbocycles. The number of nitrogens with zero attached hydrogens (tertiary/aromatic N) is 2. The summed E-state index contributed by atoms with van der Waals surface area (Å²) in [4.78, 5) is 0. The van der Waals surface area contributed by atoms with Crippen LogP contribution in [0.25, 0.3) is 0 Å². The summed E-state index contributed by atoms with van der Waals surface area (Å²) in [5, 5.41) is 6.21. The molecular weight excluding hydrogens is 402 g/mol. The molecule has 0 aromatic carbocycles. The highest BCUT2D eigenvalue weighted by atomic mass is 15.6. The van der Waals surface area contributed by atoms with Gasteiger partial charge in [0.15, 0.2) is 0 Å². The Balaban J connectivity index is 1.76. The lowest BCUT2D eigenvalue weighted by Gasteiger charge is -2.60. The van der Waals surface area contributed by atoms with Gasteiger partial charge < -0.3 is 0 Å². The van der Waals surface area contributed by atoms with E-state index >= 15 is 0 Å². The smallest absolute Gasteiger partial charge is 0.0559 e. The summed E-state index contributed by atoms with van der Waals surface area (Å²) in [5.74, 6) is 12.3. The van der Waals surface area contributed by atoms with Crippen molar-refractivity contribution < 1.29 is 0 Å². The van der Waals surface area contributed by atoms with Crippen LogP contribution in [0.15, 0.2) is 5.10 Å². The van der Waals surface area contributed by atoms with Gasteiger partial charge in [-0.25, -0.2) is 11.0 Å². The molecule has 3 aliphatic carbocycles. The molecule has 8 atom stereocenters. The highest BCUT2D eigenvalue weighted by Crippen LogP contribution is 2.67. The van der Waals surface area contributed by atoms with Crippen LogP contribution in [0.1, 0.15) is 126 Å². The average Bonchev–Trinajstić information content (AvgIpc) is 3.06. The first-order chi connectivity index (χ1) is 15.5. The Bertz CT molecular complexity index is 653. The van der Waals surface area contributed by atoms with Crippen LogP contribution in [0.5, 0.6) is 0 Å². The highest BCUT2D eigenvalue weighted by molar-refractivity contribution is 5.78. The molecule has 3 nitrogen and oxygen atoms in total. The van der Waals surface area contributed by atoms with Gasteiger partial charge in [-0.3, -0.25) is 0 Å². The first-order valence-electron chi connectivity index (χ1n) is 14.6.